The zero-order valence-corrected chi connectivity index (χ0v) is 12.0. The zero-order valence-electron chi connectivity index (χ0n) is 12.0. The standard InChI is InChI=1S/C16H24N2O/c1-3-19-12-6-11-18-13-14(9-10-17-2)15-7-4-5-8-16(15)18/h4-5,7-8,13,17H,3,6,9-12H2,1-2H3. The van der Waals surface area contributed by atoms with Gasteiger partial charge in [0.15, 0.2) is 0 Å². The number of ether oxygens (including phenoxy) is 1. The Labute approximate surface area is 115 Å². The van der Waals surface area contributed by atoms with Gasteiger partial charge in [0.25, 0.3) is 0 Å². The average molecular weight is 260 g/mol. The fourth-order valence-corrected chi connectivity index (χ4v) is 2.45. The number of fused-ring (bicyclic) bond motifs is 1. The van der Waals surface area contributed by atoms with Crippen LogP contribution in [0.25, 0.3) is 10.9 Å². The molecule has 1 aromatic carbocycles. The molecule has 1 N–H and O–H groups in total. The highest BCUT2D eigenvalue weighted by Crippen LogP contribution is 2.21. The van der Waals surface area contributed by atoms with E-state index < -0.39 is 0 Å². The van der Waals surface area contributed by atoms with Gasteiger partial charge >= 0.3 is 0 Å². The lowest BCUT2D eigenvalue weighted by Crippen LogP contribution is -2.10. The van der Waals surface area contributed by atoms with Crippen LogP contribution in [0.15, 0.2) is 30.5 Å². The molecule has 0 saturated carbocycles. The molecule has 2 rings (SSSR count). The van der Waals surface area contributed by atoms with Crippen LogP contribution in [0.3, 0.4) is 0 Å². The molecule has 3 nitrogen and oxygen atoms in total. The number of hydrogen-bond acceptors (Lipinski definition) is 2. The van der Waals surface area contributed by atoms with Crippen LogP contribution in [0.1, 0.15) is 18.9 Å². The van der Waals surface area contributed by atoms with Gasteiger partial charge in [0.2, 0.25) is 0 Å². The lowest BCUT2D eigenvalue weighted by Gasteiger charge is -2.05. The minimum Gasteiger partial charge on any atom is -0.382 e. The molecule has 0 aliphatic rings. The first-order valence-electron chi connectivity index (χ1n) is 7.16. The first-order chi connectivity index (χ1) is 9.36. The van der Waals surface area contributed by atoms with Gasteiger partial charge in [-0.2, -0.15) is 0 Å². The van der Waals surface area contributed by atoms with Crippen LogP contribution in [-0.2, 0) is 17.7 Å². The van der Waals surface area contributed by atoms with E-state index >= 15 is 0 Å². The lowest BCUT2D eigenvalue weighted by atomic mass is 10.1. The highest BCUT2D eigenvalue weighted by molar-refractivity contribution is 5.84. The Morgan fingerprint density at radius 3 is 2.89 bits per heavy atom. The Morgan fingerprint density at radius 2 is 2.11 bits per heavy atom. The predicted molar refractivity (Wildman–Crippen MR) is 80.7 cm³/mol. The third-order valence-electron chi connectivity index (χ3n) is 3.41. The van der Waals surface area contributed by atoms with Gasteiger partial charge in [-0.05, 0) is 45.0 Å². The molecule has 0 radical (unpaired) electrons. The van der Waals surface area contributed by atoms with E-state index in [0.29, 0.717) is 0 Å². The molecular formula is C16H24N2O. The van der Waals surface area contributed by atoms with Crippen molar-refractivity contribution in [3.05, 3.63) is 36.0 Å². The van der Waals surface area contributed by atoms with Gasteiger partial charge in [-0.25, -0.2) is 0 Å². The Bertz CT molecular complexity index is 504. The van der Waals surface area contributed by atoms with Crippen LogP contribution >= 0.6 is 0 Å². The fourth-order valence-electron chi connectivity index (χ4n) is 2.45. The van der Waals surface area contributed by atoms with E-state index in [1.807, 2.05) is 14.0 Å². The molecule has 0 atom stereocenters. The number of rotatable bonds is 8. The van der Waals surface area contributed by atoms with Crippen molar-refractivity contribution in [1.29, 1.82) is 0 Å². The van der Waals surface area contributed by atoms with Crippen LogP contribution in [0, 0.1) is 0 Å². The highest BCUT2D eigenvalue weighted by Gasteiger charge is 2.07. The molecule has 0 saturated heterocycles. The summed E-state index contributed by atoms with van der Waals surface area (Å²) in [6, 6.07) is 8.66. The Hall–Kier alpha value is -1.32. The second kappa shape index (κ2) is 7.31. The number of hydrogen-bond donors (Lipinski definition) is 1. The number of nitrogens with one attached hydrogen (secondary N) is 1. The number of aryl methyl sites for hydroxylation is 1. The second-order valence-corrected chi connectivity index (χ2v) is 4.77. The highest BCUT2D eigenvalue weighted by atomic mass is 16.5. The van der Waals surface area contributed by atoms with Gasteiger partial charge < -0.3 is 14.6 Å². The largest absolute Gasteiger partial charge is 0.382 e. The maximum absolute atomic E-state index is 5.42. The lowest BCUT2D eigenvalue weighted by molar-refractivity contribution is 0.142. The summed E-state index contributed by atoms with van der Waals surface area (Å²) < 4.78 is 7.78. The van der Waals surface area contributed by atoms with Crippen LogP contribution < -0.4 is 5.32 Å². The molecule has 0 aliphatic heterocycles. The van der Waals surface area contributed by atoms with Crippen molar-refractivity contribution in [2.75, 3.05) is 26.8 Å². The van der Waals surface area contributed by atoms with Gasteiger partial charge in [-0.3, -0.25) is 0 Å². The van der Waals surface area contributed by atoms with E-state index in [1.165, 1.54) is 16.5 Å². The van der Waals surface area contributed by atoms with Crippen LogP contribution in [0.4, 0.5) is 0 Å². The minimum absolute atomic E-state index is 0.805. The number of aromatic nitrogens is 1. The van der Waals surface area contributed by atoms with E-state index in [2.05, 4.69) is 40.3 Å². The fraction of sp³-hybridized carbons (Fsp3) is 0.500. The molecule has 3 heteroatoms. The first kappa shape index (κ1) is 14.1. The summed E-state index contributed by atoms with van der Waals surface area (Å²) in [6.45, 7) is 5.74. The molecule has 104 valence electrons. The number of para-hydroxylation sites is 1. The number of likely N-dealkylation sites (N-methyl/N-ethyl adjacent to an activating group) is 1. The van der Waals surface area contributed by atoms with E-state index in [4.69, 9.17) is 4.74 Å². The van der Waals surface area contributed by atoms with Crippen molar-refractivity contribution in [3.63, 3.8) is 0 Å². The Balaban J connectivity index is 2.13. The Kier molecular flexibility index (Phi) is 5.43. The van der Waals surface area contributed by atoms with Crippen LogP contribution in [0.5, 0.6) is 0 Å². The monoisotopic (exact) mass is 260 g/mol. The summed E-state index contributed by atoms with van der Waals surface area (Å²) in [4.78, 5) is 0. The molecule has 19 heavy (non-hydrogen) atoms. The quantitative estimate of drug-likeness (QED) is 0.739. The van der Waals surface area contributed by atoms with Crippen LogP contribution in [0.2, 0.25) is 0 Å². The van der Waals surface area contributed by atoms with Crippen LogP contribution in [-0.4, -0.2) is 31.4 Å². The number of benzene rings is 1. The van der Waals surface area contributed by atoms with E-state index in [1.54, 1.807) is 0 Å². The third kappa shape index (κ3) is 3.58. The summed E-state index contributed by atoms with van der Waals surface area (Å²) >= 11 is 0. The maximum atomic E-state index is 5.42. The molecule has 0 spiro atoms. The van der Waals surface area contributed by atoms with E-state index in [0.717, 1.165) is 39.1 Å². The van der Waals surface area contributed by atoms with Crippen molar-refractivity contribution >= 4 is 10.9 Å². The summed E-state index contributed by atoms with van der Waals surface area (Å²) in [5, 5.41) is 4.60. The minimum atomic E-state index is 0.805. The van der Waals surface area contributed by atoms with Gasteiger partial charge in [0.1, 0.15) is 0 Å². The molecule has 0 amide bonds. The number of nitrogens with zero attached hydrogens (tertiary/aromatic N) is 1. The summed E-state index contributed by atoms with van der Waals surface area (Å²) in [5.74, 6) is 0. The molecule has 0 unspecified atom stereocenters. The third-order valence-corrected chi connectivity index (χ3v) is 3.41. The van der Waals surface area contributed by atoms with Crippen molar-refractivity contribution in [1.82, 2.24) is 9.88 Å². The SMILES string of the molecule is CCOCCCn1cc(CCNC)c2ccccc21. The Morgan fingerprint density at radius 1 is 1.26 bits per heavy atom. The predicted octanol–water partition coefficient (Wildman–Crippen LogP) is 2.83. The van der Waals surface area contributed by atoms with Gasteiger partial charge in [-0.1, -0.05) is 18.2 Å². The zero-order chi connectivity index (χ0) is 13.5. The maximum Gasteiger partial charge on any atom is 0.0483 e. The summed E-state index contributed by atoms with van der Waals surface area (Å²) in [6.07, 6.45) is 4.45. The summed E-state index contributed by atoms with van der Waals surface area (Å²) in [5.41, 5.74) is 2.77. The molecule has 0 aliphatic carbocycles. The van der Waals surface area contributed by atoms with Gasteiger partial charge in [0.05, 0.1) is 0 Å². The second-order valence-electron chi connectivity index (χ2n) is 4.77. The normalized spacial score (nSPS) is 11.3. The van der Waals surface area contributed by atoms with Crippen molar-refractivity contribution in [3.8, 4) is 0 Å². The summed E-state index contributed by atoms with van der Waals surface area (Å²) in [7, 11) is 2.00. The smallest absolute Gasteiger partial charge is 0.0483 e. The van der Waals surface area contributed by atoms with Crippen molar-refractivity contribution in [2.45, 2.75) is 26.3 Å². The average Bonchev–Trinajstić information content (AvgIpc) is 2.80. The van der Waals surface area contributed by atoms with Crippen molar-refractivity contribution in [2.24, 2.45) is 0 Å². The van der Waals surface area contributed by atoms with Gasteiger partial charge in [0, 0.05) is 36.9 Å². The molecule has 2 aromatic rings. The molecule has 1 heterocycles. The molecule has 1 aromatic heterocycles. The molecule has 0 bridgehead atoms. The van der Waals surface area contributed by atoms with Gasteiger partial charge in [-0.15, -0.1) is 0 Å². The van der Waals surface area contributed by atoms with E-state index in [-0.39, 0.29) is 0 Å². The topological polar surface area (TPSA) is 26.2 Å². The molecular weight excluding hydrogens is 236 g/mol. The molecule has 0 fully saturated rings. The van der Waals surface area contributed by atoms with E-state index in [9.17, 15) is 0 Å². The first-order valence-corrected chi connectivity index (χ1v) is 7.16. The van der Waals surface area contributed by atoms with Crippen molar-refractivity contribution < 1.29 is 4.74 Å².